The van der Waals surface area contributed by atoms with E-state index in [0.717, 1.165) is 12.0 Å². The summed E-state index contributed by atoms with van der Waals surface area (Å²) >= 11 is 0. The number of unbranched alkanes of at least 4 members (excludes halogenated alkanes) is 1. The van der Waals surface area contributed by atoms with E-state index in [9.17, 15) is 0 Å². The van der Waals surface area contributed by atoms with E-state index in [4.69, 9.17) is 0 Å². The van der Waals surface area contributed by atoms with E-state index in [-0.39, 0.29) is 0 Å². The smallest absolute Gasteiger partial charge is 0.0175 e. The summed E-state index contributed by atoms with van der Waals surface area (Å²) in [4.78, 5) is 2.45. The summed E-state index contributed by atoms with van der Waals surface area (Å²) in [7, 11) is 2.23. The third kappa shape index (κ3) is 3.06. The van der Waals surface area contributed by atoms with Crippen LogP contribution in [0.25, 0.3) is 0 Å². The molecule has 0 heterocycles. The van der Waals surface area contributed by atoms with E-state index in [2.05, 4.69) is 51.9 Å². The molecule has 2 bridgehead atoms. The molecule has 0 aromatic carbocycles. The molecule has 1 N–H and O–H groups in total. The third-order valence-corrected chi connectivity index (χ3v) is 6.44. The minimum absolute atomic E-state index is 0.502. The predicted octanol–water partition coefficient (Wildman–Crippen LogP) is 3.91. The lowest BCUT2D eigenvalue weighted by Crippen LogP contribution is -2.50. The molecule has 2 fully saturated rings. The summed E-state index contributed by atoms with van der Waals surface area (Å²) in [6, 6.07) is 1.41. The lowest BCUT2D eigenvalue weighted by molar-refractivity contribution is 0.109. The first kappa shape index (κ1) is 16.3. The predicted molar refractivity (Wildman–Crippen MR) is 88.0 cm³/mol. The van der Waals surface area contributed by atoms with Crippen LogP contribution in [-0.4, -0.2) is 37.1 Å². The van der Waals surface area contributed by atoms with Gasteiger partial charge in [0.1, 0.15) is 0 Å². The Balaban J connectivity index is 1.72. The van der Waals surface area contributed by atoms with Gasteiger partial charge in [-0.05, 0) is 82.8 Å². The number of hydrogen-bond donors (Lipinski definition) is 1. The molecule has 0 saturated heterocycles. The maximum Gasteiger partial charge on any atom is 0.0175 e. The Morgan fingerprint density at radius 1 is 1.20 bits per heavy atom. The Labute approximate surface area is 126 Å². The summed E-state index contributed by atoms with van der Waals surface area (Å²) in [5, 5.41) is 3.93. The molecule has 0 spiro atoms. The van der Waals surface area contributed by atoms with Crippen LogP contribution < -0.4 is 5.32 Å². The highest BCUT2D eigenvalue weighted by atomic mass is 15.1. The van der Waals surface area contributed by atoms with Crippen molar-refractivity contribution in [2.75, 3.05) is 20.1 Å². The standard InChI is InChI=1S/C18H36N2/c1-14(2)20(6)12-8-7-11-19-16-17(3,4)15-9-10-18(16,5)13-15/h14-16,19H,7-13H2,1-6H3/t15-,16?,18+/m0/s1. The molecule has 20 heavy (non-hydrogen) atoms. The van der Waals surface area contributed by atoms with E-state index in [0.29, 0.717) is 16.9 Å². The zero-order chi connectivity index (χ0) is 15.0. The van der Waals surface area contributed by atoms with Crippen molar-refractivity contribution in [1.29, 1.82) is 0 Å². The van der Waals surface area contributed by atoms with Crippen LogP contribution in [0.2, 0.25) is 0 Å². The molecule has 2 rings (SSSR count). The van der Waals surface area contributed by atoms with E-state index in [1.807, 2.05) is 0 Å². The van der Waals surface area contributed by atoms with Crippen molar-refractivity contribution in [1.82, 2.24) is 10.2 Å². The highest BCUT2D eigenvalue weighted by molar-refractivity contribution is 5.11. The molecule has 2 aliphatic carbocycles. The average Bonchev–Trinajstić information content (AvgIpc) is 2.83. The molecule has 2 heteroatoms. The number of nitrogens with zero attached hydrogens (tertiary/aromatic N) is 1. The molecule has 0 amide bonds. The van der Waals surface area contributed by atoms with Crippen LogP contribution in [0.4, 0.5) is 0 Å². The fourth-order valence-corrected chi connectivity index (χ4v) is 4.80. The Morgan fingerprint density at radius 3 is 2.45 bits per heavy atom. The lowest BCUT2D eigenvalue weighted by Gasteiger charge is -2.43. The van der Waals surface area contributed by atoms with Crippen molar-refractivity contribution < 1.29 is 0 Å². The fraction of sp³-hybridized carbons (Fsp3) is 1.00. The third-order valence-electron chi connectivity index (χ3n) is 6.44. The van der Waals surface area contributed by atoms with Gasteiger partial charge in [0, 0.05) is 12.1 Å². The number of nitrogens with one attached hydrogen (secondary N) is 1. The lowest BCUT2D eigenvalue weighted by atomic mass is 9.68. The summed E-state index contributed by atoms with van der Waals surface area (Å²) in [6.45, 7) is 14.5. The topological polar surface area (TPSA) is 15.3 Å². The van der Waals surface area contributed by atoms with Crippen molar-refractivity contribution in [3.8, 4) is 0 Å². The van der Waals surface area contributed by atoms with Crippen molar-refractivity contribution in [3.05, 3.63) is 0 Å². The van der Waals surface area contributed by atoms with Crippen molar-refractivity contribution in [2.45, 2.75) is 78.8 Å². The summed E-state index contributed by atoms with van der Waals surface area (Å²) < 4.78 is 0. The second-order valence-electron chi connectivity index (χ2n) is 8.58. The highest BCUT2D eigenvalue weighted by Crippen LogP contribution is 2.62. The second kappa shape index (κ2) is 5.96. The monoisotopic (exact) mass is 280 g/mol. The zero-order valence-corrected chi connectivity index (χ0v) is 14.6. The van der Waals surface area contributed by atoms with Crippen LogP contribution >= 0.6 is 0 Å². The molecular weight excluding hydrogens is 244 g/mol. The van der Waals surface area contributed by atoms with E-state index < -0.39 is 0 Å². The van der Waals surface area contributed by atoms with Crippen molar-refractivity contribution in [3.63, 3.8) is 0 Å². The number of fused-ring (bicyclic) bond motifs is 2. The summed E-state index contributed by atoms with van der Waals surface area (Å²) in [5.41, 5.74) is 1.07. The molecule has 0 radical (unpaired) electrons. The zero-order valence-electron chi connectivity index (χ0n) is 14.6. The normalized spacial score (nSPS) is 35.4. The molecule has 0 aliphatic heterocycles. The molecule has 2 saturated carbocycles. The molecule has 0 aromatic heterocycles. The molecule has 0 aromatic rings. The maximum absolute atomic E-state index is 3.93. The minimum atomic E-state index is 0.502. The molecule has 1 unspecified atom stereocenters. The van der Waals surface area contributed by atoms with Crippen molar-refractivity contribution >= 4 is 0 Å². The highest BCUT2D eigenvalue weighted by Gasteiger charge is 2.58. The van der Waals surface area contributed by atoms with E-state index in [1.54, 1.807) is 0 Å². The van der Waals surface area contributed by atoms with Gasteiger partial charge in [-0.15, -0.1) is 0 Å². The van der Waals surface area contributed by atoms with Gasteiger partial charge in [0.15, 0.2) is 0 Å². The average molecular weight is 281 g/mol. The molecule has 3 atom stereocenters. The van der Waals surface area contributed by atoms with Crippen LogP contribution in [0.1, 0.15) is 66.7 Å². The summed E-state index contributed by atoms with van der Waals surface area (Å²) in [6.07, 6.45) is 6.98. The van der Waals surface area contributed by atoms with Crippen LogP contribution in [0.15, 0.2) is 0 Å². The van der Waals surface area contributed by atoms with Crippen molar-refractivity contribution in [2.24, 2.45) is 16.7 Å². The molecular formula is C18H36N2. The molecule has 2 aliphatic rings. The SMILES string of the molecule is CC(C)N(C)CCCCNC1C(C)(C)[C@H]2CC[C@]1(C)C2. The first-order valence-electron chi connectivity index (χ1n) is 8.71. The van der Waals surface area contributed by atoms with Gasteiger partial charge >= 0.3 is 0 Å². The Bertz CT molecular complexity index is 319. The first-order chi connectivity index (χ1) is 9.27. The Kier molecular flexibility index (Phi) is 4.86. The van der Waals surface area contributed by atoms with Crippen LogP contribution in [-0.2, 0) is 0 Å². The fourth-order valence-electron chi connectivity index (χ4n) is 4.80. The van der Waals surface area contributed by atoms with Crippen LogP contribution in [0.3, 0.4) is 0 Å². The van der Waals surface area contributed by atoms with Gasteiger partial charge < -0.3 is 10.2 Å². The Hall–Kier alpha value is -0.0800. The van der Waals surface area contributed by atoms with E-state index in [1.165, 1.54) is 45.2 Å². The summed E-state index contributed by atoms with van der Waals surface area (Å²) in [5.74, 6) is 0.956. The molecule has 2 nitrogen and oxygen atoms in total. The van der Waals surface area contributed by atoms with Crippen LogP contribution in [0.5, 0.6) is 0 Å². The number of hydrogen-bond acceptors (Lipinski definition) is 2. The second-order valence-corrected chi connectivity index (χ2v) is 8.58. The van der Waals surface area contributed by atoms with Gasteiger partial charge in [-0.1, -0.05) is 20.8 Å². The first-order valence-corrected chi connectivity index (χ1v) is 8.71. The van der Waals surface area contributed by atoms with Gasteiger partial charge in [-0.3, -0.25) is 0 Å². The minimum Gasteiger partial charge on any atom is -0.313 e. The quantitative estimate of drug-likeness (QED) is 0.711. The molecule has 118 valence electrons. The van der Waals surface area contributed by atoms with Crippen LogP contribution in [0, 0.1) is 16.7 Å². The Morgan fingerprint density at radius 2 is 1.90 bits per heavy atom. The largest absolute Gasteiger partial charge is 0.313 e. The van der Waals surface area contributed by atoms with E-state index >= 15 is 0 Å². The van der Waals surface area contributed by atoms with Gasteiger partial charge in [-0.25, -0.2) is 0 Å². The van der Waals surface area contributed by atoms with Gasteiger partial charge in [0.05, 0.1) is 0 Å². The van der Waals surface area contributed by atoms with Gasteiger partial charge in [0.25, 0.3) is 0 Å². The van der Waals surface area contributed by atoms with Gasteiger partial charge in [0.2, 0.25) is 0 Å². The maximum atomic E-state index is 3.93. The van der Waals surface area contributed by atoms with Gasteiger partial charge in [-0.2, -0.15) is 0 Å². The number of rotatable bonds is 7.